The van der Waals surface area contributed by atoms with Crippen molar-refractivity contribution in [2.24, 2.45) is 5.14 Å². The highest BCUT2D eigenvalue weighted by molar-refractivity contribution is 7.89. The third-order valence-corrected chi connectivity index (χ3v) is 6.65. The van der Waals surface area contributed by atoms with Gasteiger partial charge >= 0.3 is 12.1 Å². The molecule has 1 aromatic heterocycles. The molecule has 0 radical (unpaired) electrons. The average molecular weight is 590 g/mol. The summed E-state index contributed by atoms with van der Waals surface area (Å²) >= 11 is 0. The van der Waals surface area contributed by atoms with Crippen molar-refractivity contribution in [3.05, 3.63) is 96.7 Å². The summed E-state index contributed by atoms with van der Waals surface area (Å²) in [7, 11) is -3.79. The summed E-state index contributed by atoms with van der Waals surface area (Å²) in [6.07, 6.45) is 1.08. The number of nitrogens with zero attached hydrogens (tertiary/aromatic N) is 2. The van der Waals surface area contributed by atoms with Crippen molar-refractivity contribution in [2.45, 2.75) is 43.7 Å². The molecule has 218 valence electrons. The van der Waals surface area contributed by atoms with Crippen molar-refractivity contribution in [2.75, 3.05) is 5.32 Å². The number of amides is 1. The second-order valence-corrected chi connectivity index (χ2v) is 11.9. The largest absolute Gasteiger partial charge is 0.444 e. The van der Waals surface area contributed by atoms with E-state index in [-0.39, 0.29) is 17.1 Å². The zero-order valence-electron chi connectivity index (χ0n) is 23.3. The highest BCUT2D eigenvalue weighted by Gasteiger charge is 2.26. The van der Waals surface area contributed by atoms with Gasteiger partial charge in [-0.05, 0) is 80.9 Å². The Balaban J connectivity index is 1.44. The smallest absolute Gasteiger partial charge is 0.408 e. The van der Waals surface area contributed by atoms with E-state index in [2.05, 4.69) is 20.6 Å². The second-order valence-electron chi connectivity index (χ2n) is 10.3. The van der Waals surface area contributed by atoms with Gasteiger partial charge in [0.05, 0.1) is 10.6 Å². The molecule has 1 atom stereocenters. The Kier molecular flexibility index (Phi) is 9.18. The van der Waals surface area contributed by atoms with Crippen molar-refractivity contribution in [3.63, 3.8) is 0 Å². The van der Waals surface area contributed by atoms with E-state index in [1.165, 1.54) is 12.1 Å². The number of sulfonamides is 1. The Bertz CT molecular complexity index is 1640. The molecule has 12 heteroatoms. The summed E-state index contributed by atoms with van der Waals surface area (Å²) in [4.78, 5) is 34.2. The number of nitrogens with two attached hydrogens (primary N) is 1. The van der Waals surface area contributed by atoms with E-state index < -0.39 is 33.7 Å². The van der Waals surface area contributed by atoms with Crippen LogP contribution in [-0.4, -0.2) is 42.1 Å². The van der Waals surface area contributed by atoms with Crippen LogP contribution in [-0.2, 0) is 26.0 Å². The Hall–Kier alpha value is -4.81. The van der Waals surface area contributed by atoms with Crippen molar-refractivity contribution >= 4 is 33.7 Å². The summed E-state index contributed by atoms with van der Waals surface area (Å²) in [5, 5.41) is 10.8. The van der Waals surface area contributed by atoms with Gasteiger partial charge in [-0.1, -0.05) is 30.3 Å². The van der Waals surface area contributed by atoms with E-state index in [0.29, 0.717) is 17.3 Å². The molecule has 4 N–H and O–H groups in total. The van der Waals surface area contributed by atoms with Crippen LogP contribution in [0.3, 0.4) is 0 Å². The fourth-order valence-electron chi connectivity index (χ4n) is 3.81. The van der Waals surface area contributed by atoms with Gasteiger partial charge in [0.2, 0.25) is 16.0 Å². The van der Waals surface area contributed by atoms with Gasteiger partial charge in [-0.2, -0.15) is 0 Å². The molecule has 0 saturated carbocycles. The maximum absolute atomic E-state index is 13.1. The van der Waals surface area contributed by atoms with Gasteiger partial charge in [0.1, 0.15) is 17.4 Å². The first-order chi connectivity index (χ1) is 19.9. The van der Waals surface area contributed by atoms with Crippen molar-refractivity contribution in [1.29, 1.82) is 0 Å². The van der Waals surface area contributed by atoms with E-state index in [1.807, 2.05) is 30.3 Å². The molecule has 1 amide bonds. The van der Waals surface area contributed by atoms with Crippen LogP contribution < -0.4 is 20.5 Å². The number of alkyl carbamates (subject to hydrolysis) is 1. The Labute approximate surface area is 244 Å². The molecular weight excluding hydrogens is 558 g/mol. The fourth-order valence-corrected chi connectivity index (χ4v) is 4.33. The minimum Gasteiger partial charge on any atom is -0.444 e. The molecule has 42 heavy (non-hydrogen) atoms. The molecule has 0 spiro atoms. The Morgan fingerprint density at radius 2 is 1.60 bits per heavy atom. The van der Waals surface area contributed by atoms with E-state index in [4.69, 9.17) is 14.6 Å². The third kappa shape index (κ3) is 8.85. The summed E-state index contributed by atoms with van der Waals surface area (Å²) < 4.78 is 33.9. The number of benzene rings is 3. The monoisotopic (exact) mass is 589 g/mol. The number of ether oxygens (including phenoxy) is 2. The van der Waals surface area contributed by atoms with Gasteiger partial charge in [0.25, 0.3) is 0 Å². The summed E-state index contributed by atoms with van der Waals surface area (Å²) in [6, 6.07) is 22.6. The van der Waals surface area contributed by atoms with Crippen LogP contribution in [0.25, 0.3) is 11.3 Å². The highest BCUT2D eigenvalue weighted by atomic mass is 32.2. The summed E-state index contributed by atoms with van der Waals surface area (Å²) in [5.74, 6) is -0.0575. The van der Waals surface area contributed by atoms with Crippen LogP contribution in [0.5, 0.6) is 5.75 Å². The number of rotatable bonds is 9. The number of carbonyl (C=O) groups excluding carboxylic acids is 2. The molecule has 3 aromatic carbocycles. The van der Waals surface area contributed by atoms with Gasteiger partial charge in [-0.15, -0.1) is 0 Å². The molecule has 0 aliphatic heterocycles. The Morgan fingerprint density at radius 1 is 0.929 bits per heavy atom. The number of hydrogen-bond donors (Lipinski definition) is 3. The molecular formula is C30H31N5O6S. The number of nitrogens with one attached hydrogen (secondary N) is 2. The molecule has 0 saturated heterocycles. The number of anilines is 2. The standard InChI is InChI=1S/C30H31N5O6S/c1-30(2,3)41-29(37)35-26(19-20-7-5-4-6-8-20)27(36)40-23-13-9-21(10-14-23)25-17-18-32-28(34-25)33-22-11-15-24(16-12-22)42(31,38)39/h4-18,26H,19H2,1-3H3,(H,35,37)(H2,31,38,39)(H,32,33,34). The number of aromatic nitrogens is 2. The number of esters is 1. The van der Waals surface area contributed by atoms with Crippen LogP contribution >= 0.6 is 0 Å². The van der Waals surface area contributed by atoms with E-state index >= 15 is 0 Å². The molecule has 0 aliphatic carbocycles. The van der Waals surface area contributed by atoms with Gasteiger partial charge < -0.3 is 20.1 Å². The van der Waals surface area contributed by atoms with Gasteiger partial charge in [-0.25, -0.2) is 33.1 Å². The van der Waals surface area contributed by atoms with Crippen LogP contribution in [0.1, 0.15) is 26.3 Å². The summed E-state index contributed by atoms with van der Waals surface area (Å²) in [6.45, 7) is 5.22. The molecule has 0 aliphatic rings. The lowest BCUT2D eigenvalue weighted by atomic mass is 10.1. The minimum atomic E-state index is -3.79. The van der Waals surface area contributed by atoms with Crippen LogP contribution in [0.2, 0.25) is 0 Å². The number of carbonyl (C=O) groups is 2. The number of primary sulfonamides is 1. The molecule has 11 nitrogen and oxygen atoms in total. The van der Waals surface area contributed by atoms with Crippen LogP contribution in [0.15, 0.2) is 96.0 Å². The minimum absolute atomic E-state index is 0.00415. The van der Waals surface area contributed by atoms with Crippen molar-refractivity contribution < 1.29 is 27.5 Å². The second kappa shape index (κ2) is 12.8. The lowest BCUT2D eigenvalue weighted by molar-refractivity contribution is -0.136. The molecule has 1 heterocycles. The molecule has 0 bridgehead atoms. The van der Waals surface area contributed by atoms with E-state index in [1.54, 1.807) is 69.4 Å². The SMILES string of the molecule is CC(C)(C)OC(=O)NC(Cc1ccccc1)C(=O)Oc1ccc(-c2ccnc(Nc3ccc(S(N)(=O)=O)cc3)n2)cc1. The van der Waals surface area contributed by atoms with E-state index in [0.717, 1.165) is 11.1 Å². The quantitative estimate of drug-likeness (QED) is 0.187. The van der Waals surface area contributed by atoms with Crippen LogP contribution in [0, 0.1) is 0 Å². The van der Waals surface area contributed by atoms with Gasteiger partial charge in [-0.3, -0.25) is 0 Å². The Morgan fingerprint density at radius 3 is 2.21 bits per heavy atom. The lowest BCUT2D eigenvalue weighted by Crippen LogP contribution is -2.46. The van der Waals surface area contributed by atoms with Crippen molar-refractivity contribution in [3.8, 4) is 17.0 Å². The molecule has 4 aromatic rings. The topological polar surface area (TPSA) is 163 Å². The van der Waals surface area contributed by atoms with Gasteiger partial charge in [0.15, 0.2) is 0 Å². The average Bonchev–Trinajstić information content (AvgIpc) is 2.92. The maximum Gasteiger partial charge on any atom is 0.408 e. The summed E-state index contributed by atoms with van der Waals surface area (Å²) in [5.41, 5.74) is 2.03. The predicted octanol–water partition coefficient (Wildman–Crippen LogP) is 4.58. The molecule has 4 rings (SSSR count). The van der Waals surface area contributed by atoms with Crippen LogP contribution in [0.4, 0.5) is 16.4 Å². The fraction of sp³-hybridized carbons (Fsp3) is 0.200. The first-order valence-corrected chi connectivity index (χ1v) is 14.5. The molecule has 1 unspecified atom stereocenters. The van der Waals surface area contributed by atoms with Crippen molar-refractivity contribution in [1.82, 2.24) is 15.3 Å². The zero-order valence-corrected chi connectivity index (χ0v) is 24.1. The highest BCUT2D eigenvalue weighted by Crippen LogP contribution is 2.23. The first kappa shape index (κ1) is 30.2. The third-order valence-electron chi connectivity index (χ3n) is 5.72. The number of hydrogen-bond acceptors (Lipinski definition) is 9. The lowest BCUT2D eigenvalue weighted by Gasteiger charge is -2.23. The van der Waals surface area contributed by atoms with E-state index in [9.17, 15) is 18.0 Å². The predicted molar refractivity (Wildman–Crippen MR) is 158 cm³/mol. The maximum atomic E-state index is 13.1. The first-order valence-electron chi connectivity index (χ1n) is 12.9. The van der Waals surface area contributed by atoms with Gasteiger partial charge in [0, 0.05) is 23.9 Å². The zero-order chi connectivity index (χ0) is 30.3. The normalized spacial score (nSPS) is 12.2. The molecule has 0 fully saturated rings.